The molecular weight excluding hydrogens is 319 g/mol. The monoisotopic (exact) mass is 336 g/mol. The van der Waals surface area contributed by atoms with Crippen LogP contribution in [0.4, 0.5) is 15.8 Å². The lowest BCUT2D eigenvalue weighted by atomic mass is 10.1. The zero-order chi connectivity index (χ0) is 17.2. The van der Waals surface area contributed by atoms with Gasteiger partial charge in [0.25, 0.3) is 5.91 Å². The molecule has 0 fully saturated rings. The number of anilines is 2. The van der Waals surface area contributed by atoms with E-state index in [0.29, 0.717) is 5.56 Å². The van der Waals surface area contributed by atoms with Gasteiger partial charge < -0.3 is 5.32 Å². The van der Waals surface area contributed by atoms with Crippen molar-refractivity contribution in [2.45, 2.75) is 6.92 Å². The van der Waals surface area contributed by atoms with E-state index in [1.165, 1.54) is 13.1 Å². The maximum atomic E-state index is 13.5. The Kier molecular flexibility index (Phi) is 4.70. The topological polar surface area (TPSA) is 66.5 Å². The van der Waals surface area contributed by atoms with Crippen LogP contribution in [0.3, 0.4) is 0 Å². The van der Waals surface area contributed by atoms with Crippen molar-refractivity contribution < 1.29 is 17.6 Å². The third-order valence-corrected chi connectivity index (χ3v) is 4.52. The molecule has 2 rings (SSSR count). The van der Waals surface area contributed by atoms with E-state index in [0.717, 1.165) is 28.3 Å². The number of sulfonamides is 1. The SMILES string of the molecule is Cc1cccc(C(=O)Nc2cc(F)ccc2N(C)S(C)(=O)=O)c1. The van der Waals surface area contributed by atoms with Crippen molar-refractivity contribution in [3.63, 3.8) is 0 Å². The van der Waals surface area contributed by atoms with Crippen molar-refractivity contribution in [2.24, 2.45) is 0 Å². The highest BCUT2D eigenvalue weighted by atomic mass is 32.2. The molecule has 0 atom stereocenters. The number of rotatable bonds is 4. The molecule has 1 amide bonds. The Bertz CT molecular complexity index is 850. The van der Waals surface area contributed by atoms with Crippen molar-refractivity contribution in [1.29, 1.82) is 0 Å². The zero-order valence-corrected chi connectivity index (χ0v) is 13.8. The summed E-state index contributed by atoms with van der Waals surface area (Å²) in [7, 11) is -2.20. The summed E-state index contributed by atoms with van der Waals surface area (Å²) in [5.74, 6) is -1.02. The van der Waals surface area contributed by atoms with Crippen LogP contribution < -0.4 is 9.62 Å². The molecule has 0 saturated carbocycles. The number of hydrogen-bond donors (Lipinski definition) is 1. The molecule has 1 N–H and O–H groups in total. The van der Waals surface area contributed by atoms with Gasteiger partial charge in [0.1, 0.15) is 5.82 Å². The first kappa shape index (κ1) is 17.0. The number of amides is 1. The normalized spacial score (nSPS) is 11.1. The number of aryl methyl sites for hydroxylation is 1. The molecule has 7 heteroatoms. The first-order valence-electron chi connectivity index (χ1n) is 6.80. The van der Waals surface area contributed by atoms with Crippen molar-refractivity contribution in [1.82, 2.24) is 0 Å². The fourth-order valence-corrected chi connectivity index (χ4v) is 2.56. The minimum absolute atomic E-state index is 0.0874. The standard InChI is InChI=1S/C16H17FN2O3S/c1-11-5-4-6-12(9-11)16(20)18-14-10-13(17)7-8-15(14)19(2)23(3,21)22/h4-10H,1-3H3,(H,18,20). The number of nitrogens with zero attached hydrogens (tertiary/aromatic N) is 1. The molecular formula is C16H17FN2O3S. The highest BCUT2D eigenvalue weighted by Crippen LogP contribution is 2.28. The molecule has 0 heterocycles. The van der Waals surface area contributed by atoms with Crippen molar-refractivity contribution >= 4 is 27.3 Å². The lowest BCUT2D eigenvalue weighted by Gasteiger charge is -2.20. The molecule has 5 nitrogen and oxygen atoms in total. The van der Waals surface area contributed by atoms with Gasteiger partial charge in [-0.3, -0.25) is 9.10 Å². The maximum absolute atomic E-state index is 13.5. The van der Waals surface area contributed by atoms with E-state index < -0.39 is 21.7 Å². The minimum atomic E-state index is -3.54. The summed E-state index contributed by atoms with van der Waals surface area (Å²) in [5, 5.41) is 2.56. The van der Waals surface area contributed by atoms with Gasteiger partial charge in [-0.25, -0.2) is 12.8 Å². The molecule has 0 unspecified atom stereocenters. The van der Waals surface area contributed by atoms with Gasteiger partial charge in [0.2, 0.25) is 10.0 Å². The van der Waals surface area contributed by atoms with Crippen LogP contribution in [0.15, 0.2) is 42.5 Å². The predicted molar refractivity (Wildman–Crippen MR) is 88.8 cm³/mol. The summed E-state index contributed by atoms with van der Waals surface area (Å²) in [6, 6.07) is 10.4. The molecule has 0 spiro atoms. The summed E-state index contributed by atoms with van der Waals surface area (Å²) in [5.41, 5.74) is 1.59. The highest BCUT2D eigenvalue weighted by molar-refractivity contribution is 7.92. The molecule has 0 aliphatic rings. The zero-order valence-electron chi connectivity index (χ0n) is 13.0. The molecule has 0 bridgehead atoms. The van der Waals surface area contributed by atoms with Crippen LogP contribution >= 0.6 is 0 Å². The van der Waals surface area contributed by atoms with Gasteiger partial charge in [-0.2, -0.15) is 0 Å². The van der Waals surface area contributed by atoms with E-state index in [1.807, 2.05) is 13.0 Å². The van der Waals surface area contributed by atoms with Crippen LogP contribution in [-0.4, -0.2) is 27.6 Å². The van der Waals surface area contributed by atoms with E-state index in [1.54, 1.807) is 18.2 Å². The summed E-state index contributed by atoms with van der Waals surface area (Å²) >= 11 is 0. The van der Waals surface area contributed by atoms with Crippen molar-refractivity contribution in [2.75, 3.05) is 22.9 Å². The number of benzene rings is 2. The summed E-state index contributed by atoms with van der Waals surface area (Å²) in [6.45, 7) is 1.85. The summed E-state index contributed by atoms with van der Waals surface area (Å²) in [6.07, 6.45) is 1.03. The lowest BCUT2D eigenvalue weighted by molar-refractivity contribution is 0.102. The Morgan fingerprint density at radius 2 is 1.87 bits per heavy atom. The largest absolute Gasteiger partial charge is 0.320 e. The van der Waals surface area contributed by atoms with Gasteiger partial charge in [-0.1, -0.05) is 17.7 Å². The van der Waals surface area contributed by atoms with Crippen molar-refractivity contribution in [3.05, 3.63) is 59.4 Å². The van der Waals surface area contributed by atoms with Gasteiger partial charge in [0.05, 0.1) is 17.6 Å². The number of carbonyl (C=O) groups is 1. The van der Waals surface area contributed by atoms with Crippen LogP contribution in [0.25, 0.3) is 0 Å². The number of halogens is 1. The molecule has 0 saturated heterocycles. The fraction of sp³-hybridized carbons (Fsp3) is 0.188. The molecule has 23 heavy (non-hydrogen) atoms. The number of nitrogens with one attached hydrogen (secondary N) is 1. The van der Waals surface area contributed by atoms with Gasteiger partial charge in [-0.15, -0.1) is 0 Å². The molecule has 2 aromatic rings. The van der Waals surface area contributed by atoms with Crippen LogP contribution in [0.5, 0.6) is 0 Å². The van der Waals surface area contributed by atoms with Crippen LogP contribution in [0.2, 0.25) is 0 Å². The Morgan fingerprint density at radius 3 is 2.48 bits per heavy atom. The van der Waals surface area contributed by atoms with Gasteiger partial charge in [-0.05, 0) is 37.3 Å². The predicted octanol–water partition coefficient (Wildman–Crippen LogP) is 2.78. The number of carbonyl (C=O) groups excluding carboxylic acids is 1. The first-order valence-corrected chi connectivity index (χ1v) is 8.65. The first-order chi connectivity index (χ1) is 10.7. The Balaban J connectivity index is 2.39. The average Bonchev–Trinajstić information content (AvgIpc) is 2.46. The van der Waals surface area contributed by atoms with Gasteiger partial charge >= 0.3 is 0 Å². The fourth-order valence-electron chi connectivity index (χ4n) is 2.04. The van der Waals surface area contributed by atoms with E-state index in [-0.39, 0.29) is 11.4 Å². The Morgan fingerprint density at radius 1 is 1.17 bits per heavy atom. The average molecular weight is 336 g/mol. The van der Waals surface area contributed by atoms with E-state index in [2.05, 4.69) is 5.32 Å². The third-order valence-electron chi connectivity index (χ3n) is 3.32. The second kappa shape index (κ2) is 6.37. The highest BCUT2D eigenvalue weighted by Gasteiger charge is 2.18. The second-order valence-electron chi connectivity index (χ2n) is 5.22. The quantitative estimate of drug-likeness (QED) is 0.933. The van der Waals surface area contributed by atoms with Crippen LogP contribution in [0.1, 0.15) is 15.9 Å². The van der Waals surface area contributed by atoms with Crippen LogP contribution in [0, 0.1) is 12.7 Å². The molecule has 0 aliphatic carbocycles. The third kappa shape index (κ3) is 4.07. The van der Waals surface area contributed by atoms with E-state index >= 15 is 0 Å². The van der Waals surface area contributed by atoms with Crippen molar-refractivity contribution in [3.8, 4) is 0 Å². The van der Waals surface area contributed by atoms with Gasteiger partial charge in [0.15, 0.2) is 0 Å². The molecule has 122 valence electrons. The maximum Gasteiger partial charge on any atom is 0.255 e. The van der Waals surface area contributed by atoms with Gasteiger partial charge in [0, 0.05) is 12.6 Å². The Hall–Kier alpha value is -2.41. The molecule has 2 aromatic carbocycles. The summed E-state index contributed by atoms with van der Waals surface area (Å²) in [4.78, 5) is 12.3. The smallest absolute Gasteiger partial charge is 0.255 e. The van der Waals surface area contributed by atoms with E-state index in [4.69, 9.17) is 0 Å². The van der Waals surface area contributed by atoms with E-state index in [9.17, 15) is 17.6 Å². The molecule has 0 aliphatic heterocycles. The second-order valence-corrected chi connectivity index (χ2v) is 7.23. The van der Waals surface area contributed by atoms with Crippen LogP contribution in [-0.2, 0) is 10.0 Å². The summed E-state index contributed by atoms with van der Waals surface area (Å²) < 4.78 is 37.9. The Labute approximate surface area is 134 Å². The molecule has 0 radical (unpaired) electrons. The number of hydrogen-bond acceptors (Lipinski definition) is 3. The minimum Gasteiger partial charge on any atom is -0.320 e. The molecule has 0 aromatic heterocycles. The lowest BCUT2D eigenvalue weighted by Crippen LogP contribution is -2.26.